The van der Waals surface area contributed by atoms with E-state index in [1.807, 2.05) is 17.0 Å². The van der Waals surface area contributed by atoms with Crippen LogP contribution in [0, 0.1) is 0 Å². The van der Waals surface area contributed by atoms with E-state index >= 15 is 0 Å². The number of nitrogens with two attached hydrogens (primary N) is 1. The van der Waals surface area contributed by atoms with E-state index in [0.717, 1.165) is 38.0 Å². The third kappa shape index (κ3) is 3.03. The molecule has 1 atom stereocenters. The van der Waals surface area contributed by atoms with E-state index in [0.29, 0.717) is 18.2 Å². The highest BCUT2D eigenvalue weighted by Gasteiger charge is 2.26. The topological polar surface area (TPSA) is 46.3 Å². The monoisotopic (exact) mass is 246 g/mol. The molecule has 0 spiro atoms. The summed E-state index contributed by atoms with van der Waals surface area (Å²) >= 11 is 0. The lowest BCUT2D eigenvalue weighted by Gasteiger charge is -2.16. The molecule has 1 aromatic rings. The van der Waals surface area contributed by atoms with Crippen LogP contribution in [-0.4, -0.2) is 23.9 Å². The van der Waals surface area contributed by atoms with Crippen LogP contribution in [0.5, 0.6) is 0 Å². The number of nitrogens with zero attached hydrogens (tertiary/aromatic N) is 1. The summed E-state index contributed by atoms with van der Waals surface area (Å²) < 4.78 is 0. The minimum atomic E-state index is 0.315. The van der Waals surface area contributed by atoms with Crippen molar-refractivity contribution in [2.24, 2.45) is 0 Å². The summed E-state index contributed by atoms with van der Waals surface area (Å²) in [4.78, 5) is 14.0. The van der Waals surface area contributed by atoms with Gasteiger partial charge < -0.3 is 10.6 Å². The molecule has 0 aliphatic carbocycles. The molecule has 1 aliphatic rings. The fraction of sp³-hybridized carbons (Fsp3) is 0.533. The van der Waals surface area contributed by atoms with Crippen molar-refractivity contribution < 1.29 is 4.79 Å². The summed E-state index contributed by atoms with van der Waals surface area (Å²) in [5.41, 5.74) is 7.79. The average Bonchev–Trinajstić information content (AvgIpc) is 2.86. The Labute approximate surface area is 109 Å². The maximum absolute atomic E-state index is 11.9. The lowest BCUT2D eigenvalue weighted by molar-refractivity contribution is -0.130. The van der Waals surface area contributed by atoms with Gasteiger partial charge in [0, 0.05) is 31.1 Å². The zero-order valence-corrected chi connectivity index (χ0v) is 11.1. The van der Waals surface area contributed by atoms with Crippen molar-refractivity contribution in [2.75, 3.05) is 18.8 Å². The smallest absolute Gasteiger partial charge is 0.222 e. The molecule has 98 valence electrons. The molecule has 0 bridgehead atoms. The van der Waals surface area contributed by atoms with Gasteiger partial charge in [-0.1, -0.05) is 25.5 Å². The molecule has 18 heavy (non-hydrogen) atoms. The van der Waals surface area contributed by atoms with Crippen LogP contribution in [0.2, 0.25) is 0 Å². The van der Waals surface area contributed by atoms with Crippen LogP contribution in [-0.2, 0) is 4.79 Å². The van der Waals surface area contributed by atoms with Crippen LogP contribution in [0.25, 0.3) is 0 Å². The zero-order valence-electron chi connectivity index (χ0n) is 11.1. The summed E-state index contributed by atoms with van der Waals surface area (Å²) in [5.74, 6) is 0.797. The molecule has 1 fully saturated rings. The SMILES string of the molecule is CCCCC(=O)N1CCC(c2ccc(N)cc2)C1. The van der Waals surface area contributed by atoms with Crippen LogP contribution in [0.1, 0.15) is 44.1 Å². The van der Waals surface area contributed by atoms with Crippen molar-refractivity contribution in [2.45, 2.75) is 38.5 Å². The Morgan fingerprint density at radius 2 is 2.11 bits per heavy atom. The van der Waals surface area contributed by atoms with E-state index in [9.17, 15) is 4.79 Å². The van der Waals surface area contributed by atoms with E-state index in [4.69, 9.17) is 5.73 Å². The summed E-state index contributed by atoms with van der Waals surface area (Å²) in [7, 11) is 0. The maximum atomic E-state index is 11.9. The van der Waals surface area contributed by atoms with Gasteiger partial charge >= 0.3 is 0 Å². The Hall–Kier alpha value is -1.51. The Morgan fingerprint density at radius 3 is 2.78 bits per heavy atom. The van der Waals surface area contributed by atoms with Crippen LogP contribution in [0.15, 0.2) is 24.3 Å². The van der Waals surface area contributed by atoms with E-state index in [1.54, 1.807) is 0 Å². The molecule has 1 unspecified atom stereocenters. The molecule has 3 nitrogen and oxygen atoms in total. The number of unbranched alkanes of at least 4 members (excludes halogenated alkanes) is 1. The molecule has 1 amide bonds. The van der Waals surface area contributed by atoms with Gasteiger partial charge in [-0.15, -0.1) is 0 Å². The van der Waals surface area contributed by atoms with Gasteiger partial charge in [0.2, 0.25) is 5.91 Å². The zero-order chi connectivity index (χ0) is 13.0. The minimum absolute atomic E-state index is 0.315. The summed E-state index contributed by atoms with van der Waals surface area (Å²) in [6, 6.07) is 8.05. The minimum Gasteiger partial charge on any atom is -0.399 e. The van der Waals surface area contributed by atoms with Crippen molar-refractivity contribution in [1.29, 1.82) is 0 Å². The first kappa shape index (κ1) is 12.9. The molecule has 0 radical (unpaired) electrons. The number of nitrogen functional groups attached to an aromatic ring is 1. The molecular formula is C15H22N2O. The normalized spacial score (nSPS) is 19.2. The Bertz CT molecular complexity index is 399. The summed E-state index contributed by atoms with van der Waals surface area (Å²) in [6.45, 7) is 3.89. The second kappa shape index (κ2) is 5.89. The first-order valence-electron chi connectivity index (χ1n) is 6.84. The molecule has 1 heterocycles. The van der Waals surface area contributed by atoms with E-state index < -0.39 is 0 Å². The number of likely N-dealkylation sites (tertiary alicyclic amines) is 1. The fourth-order valence-electron chi connectivity index (χ4n) is 2.51. The Morgan fingerprint density at radius 1 is 1.39 bits per heavy atom. The van der Waals surface area contributed by atoms with E-state index in [-0.39, 0.29) is 0 Å². The number of carbonyl (C=O) groups excluding carboxylic acids is 1. The predicted molar refractivity (Wildman–Crippen MR) is 74.3 cm³/mol. The third-order valence-electron chi connectivity index (χ3n) is 3.69. The summed E-state index contributed by atoms with van der Waals surface area (Å²) in [6.07, 6.45) is 3.86. The van der Waals surface area contributed by atoms with Gasteiger partial charge in [-0.25, -0.2) is 0 Å². The maximum Gasteiger partial charge on any atom is 0.222 e. The molecule has 2 N–H and O–H groups in total. The van der Waals surface area contributed by atoms with Crippen LogP contribution < -0.4 is 5.73 Å². The van der Waals surface area contributed by atoms with Crippen molar-refractivity contribution in [3.63, 3.8) is 0 Å². The van der Waals surface area contributed by atoms with Gasteiger partial charge in [-0.05, 0) is 30.5 Å². The highest BCUT2D eigenvalue weighted by molar-refractivity contribution is 5.76. The molecule has 1 aliphatic heterocycles. The third-order valence-corrected chi connectivity index (χ3v) is 3.69. The average molecular weight is 246 g/mol. The number of anilines is 1. The van der Waals surface area contributed by atoms with Gasteiger partial charge in [0.1, 0.15) is 0 Å². The van der Waals surface area contributed by atoms with Crippen molar-refractivity contribution in [3.8, 4) is 0 Å². The molecule has 3 heteroatoms. The number of hydrogen-bond acceptors (Lipinski definition) is 2. The van der Waals surface area contributed by atoms with Gasteiger partial charge in [-0.2, -0.15) is 0 Å². The van der Waals surface area contributed by atoms with Gasteiger partial charge in [0.05, 0.1) is 0 Å². The number of benzene rings is 1. The van der Waals surface area contributed by atoms with Crippen molar-refractivity contribution >= 4 is 11.6 Å². The number of rotatable bonds is 4. The van der Waals surface area contributed by atoms with Crippen molar-refractivity contribution in [1.82, 2.24) is 4.90 Å². The van der Waals surface area contributed by atoms with Gasteiger partial charge in [0.25, 0.3) is 0 Å². The first-order chi connectivity index (χ1) is 8.70. The highest BCUT2D eigenvalue weighted by Crippen LogP contribution is 2.28. The second-order valence-corrected chi connectivity index (χ2v) is 5.10. The lowest BCUT2D eigenvalue weighted by atomic mass is 9.98. The van der Waals surface area contributed by atoms with Gasteiger partial charge in [0.15, 0.2) is 0 Å². The largest absolute Gasteiger partial charge is 0.399 e. The highest BCUT2D eigenvalue weighted by atomic mass is 16.2. The van der Waals surface area contributed by atoms with Crippen LogP contribution >= 0.6 is 0 Å². The Balaban J connectivity index is 1.91. The second-order valence-electron chi connectivity index (χ2n) is 5.10. The number of hydrogen-bond donors (Lipinski definition) is 1. The predicted octanol–water partition coefficient (Wildman–Crippen LogP) is 2.77. The van der Waals surface area contributed by atoms with Crippen LogP contribution in [0.3, 0.4) is 0 Å². The molecular weight excluding hydrogens is 224 g/mol. The lowest BCUT2D eigenvalue weighted by Crippen LogP contribution is -2.28. The Kier molecular flexibility index (Phi) is 4.24. The molecule has 2 rings (SSSR count). The van der Waals surface area contributed by atoms with Crippen LogP contribution in [0.4, 0.5) is 5.69 Å². The quantitative estimate of drug-likeness (QED) is 0.830. The number of amides is 1. The standard InChI is InChI=1S/C15H22N2O/c1-2-3-4-15(18)17-10-9-13(11-17)12-5-7-14(16)8-6-12/h5-8,13H,2-4,9-11,16H2,1H3. The molecule has 0 saturated carbocycles. The van der Waals surface area contributed by atoms with Crippen molar-refractivity contribution in [3.05, 3.63) is 29.8 Å². The number of carbonyl (C=O) groups is 1. The molecule has 1 saturated heterocycles. The van der Waals surface area contributed by atoms with E-state index in [1.165, 1.54) is 5.56 Å². The fourth-order valence-corrected chi connectivity index (χ4v) is 2.51. The van der Waals surface area contributed by atoms with Gasteiger partial charge in [-0.3, -0.25) is 4.79 Å². The summed E-state index contributed by atoms with van der Waals surface area (Å²) in [5, 5.41) is 0. The molecule has 1 aromatic carbocycles. The van der Waals surface area contributed by atoms with E-state index in [2.05, 4.69) is 19.1 Å². The molecule has 0 aromatic heterocycles. The first-order valence-corrected chi connectivity index (χ1v) is 6.84.